The molecule has 0 spiro atoms. The van der Waals surface area contributed by atoms with Crippen LogP contribution in [0.3, 0.4) is 0 Å². The maximum atomic E-state index is 12.2. The predicted octanol–water partition coefficient (Wildman–Crippen LogP) is 4.16. The van der Waals surface area contributed by atoms with E-state index in [0.29, 0.717) is 43.5 Å². The molecule has 0 fully saturated rings. The molecule has 0 aliphatic heterocycles. The second kappa shape index (κ2) is 10.3. The number of ether oxygens (including phenoxy) is 1. The van der Waals surface area contributed by atoms with Crippen LogP contribution in [0.15, 0.2) is 59.3 Å². The van der Waals surface area contributed by atoms with E-state index in [2.05, 4.69) is 22.2 Å². The third-order valence-corrected chi connectivity index (χ3v) is 4.24. The smallest absolute Gasteiger partial charge is 0.220 e. The van der Waals surface area contributed by atoms with Gasteiger partial charge in [0, 0.05) is 36.7 Å². The Morgan fingerprint density at radius 2 is 2.00 bits per heavy atom. The Bertz CT molecular complexity index is 877. The molecule has 0 unspecified atom stereocenters. The highest BCUT2D eigenvalue weighted by Crippen LogP contribution is 2.20. The SMILES string of the molecule is CCCCOc1ncccc1CNC(=O)CCc1ncc(-c2ccccc2)o1. The van der Waals surface area contributed by atoms with Crippen LogP contribution in [0.1, 0.15) is 37.6 Å². The van der Waals surface area contributed by atoms with Crippen LogP contribution in [0.25, 0.3) is 11.3 Å². The van der Waals surface area contributed by atoms with Crippen molar-refractivity contribution in [1.82, 2.24) is 15.3 Å². The second-order valence-electron chi connectivity index (χ2n) is 6.43. The van der Waals surface area contributed by atoms with Gasteiger partial charge >= 0.3 is 0 Å². The Kier molecular flexibility index (Phi) is 7.18. The van der Waals surface area contributed by atoms with Gasteiger partial charge in [-0.2, -0.15) is 0 Å². The van der Waals surface area contributed by atoms with E-state index in [4.69, 9.17) is 9.15 Å². The fourth-order valence-corrected chi connectivity index (χ4v) is 2.67. The maximum Gasteiger partial charge on any atom is 0.220 e. The number of pyridine rings is 1. The molecule has 1 N–H and O–H groups in total. The third kappa shape index (κ3) is 5.67. The van der Waals surface area contributed by atoms with Crippen LogP contribution in [0, 0.1) is 0 Å². The molecule has 1 aromatic carbocycles. The topological polar surface area (TPSA) is 77.2 Å². The summed E-state index contributed by atoms with van der Waals surface area (Å²) in [4.78, 5) is 20.7. The van der Waals surface area contributed by atoms with Crippen LogP contribution in [0.5, 0.6) is 5.88 Å². The number of carbonyl (C=O) groups excluding carboxylic acids is 1. The summed E-state index contributed by atoms with van der Waals surface area (Å²) in [5, 5.41) is 2.91. The number of hydrogen-bond donors (Lipinski definition) is 1. The molecule has 2 aromatic heterocycles. The van der Waals surface area contributed by atoms with Crippen LogP contribution in [-0.4, -0.2) is 22.5 Å². The molecule has 6 heteroatoms. The van der Waals surface area contributed by atoms with Gasteiger partial charge in [-0.05, 0) is 12.5 Å². The van der Waals surface area contributed by atoms with Crippen LogP contribution in [0.2, 0.25) is 0 Å². The van der Waals surface area contributed by atoms with Crippen LogP contribution >= 0.6 is 0 Å². The molecule has 146 valence electrons. The number of aromatic nitrogens is 2. The number of hydrogen-bond acceptors (Lipinski definition) is 5. The minimum Gasteiger partial charge on any atom is -0.477 e. The highest BCUT2D eigenvalue weighted by molar-refractivity contribution is 5.76. The number of unbranched alkanes of at least 4 members (excludes halogenated alkanes) is 1. The molecular weight excluding hydrogens is 354 g/mol. The highest BCUT2D eigenvalue weighted by atomic mass is 16.5. The minimum atomic E-state index is -0.0668. The lowest BCUT2D eigenvalue weighted by Crippen LogP contribution is -2.23. The summed E-state index contributed by atoms with van der Waals surface area (Å²) in [5.74, 6) is 1.78. The molecule has 6 nitrogen and oxygen atoms in total. The number of rotatable bonds is 10. The molecule has 0 aliphatic rings. The van der Waals surface area contributed by atoms with E-state index in [1.54, 1.807) is 12.4 Å². The number of benzene rings is 1. The Hall–Kier alpha value is -3.15. The second-order valence-corrected chi connectivity index (χ2v) is 6.43. The van der Waals surface area contributed by atoms with E-state index in [9.17, 15) is 4.79 Å². The van der Waals surface area contributed by atoms with Crippen molar-refractivity contribution in [3.8, 4) is 17.2 Å². The molecule has 0 aliphatic carbocycles. The normalized spacial score (nSPS) is 10.6. The third-order valence-electron chi connectivity index (χ3n) is 4.24. The van der Waals surface area contributed by atoms with Crippen LogP contribution in [-0.2, 0) is 17.8 Å². The van der Waals surface area contributed by atoms with Crippen molar-refractivity contribution in [1.29, 1.82) is 0 Å². The van der Waals surface area contributed by atoms with E-state index in [-0.39, 0.29) is 5.91 Å². The van der Waals surface area contributed by atoms with E-state index < -0.39 is 0 Å². The van der Waals surface area contributed by atoms with Gasteiger partial charge in [-0.3, -0.25) is 4.79 Å². The Morgan fingerprint density at radius 3 is 2.82 bits per heavy atom. The quantitative estimate of drug-likeness (QED) is 0.535. The van der Waals surface area contributed by atoms with Crippen molar-refractivity contribution in [3.63, 3.8) is 0 Å². The zero-order valence-electron chi connectivity index (χ0n) is 16.1. The van der Waals surface area contributed by atoms with Gasteiger partial charge in [0.2, 0.25) is 11.8 Å². The zero-order valence-corrected chi connectivity index (χ0v) is 16.1. The molecule has 3 rings (SSSR count). The Labute approximate surface area is 165 Å². The van der Waals surface area contributed by atoms with Gasteiger partial charge in [-0.25, -0.2) is 9.97 Å². The lowest BCUT2D eigenvalue weighted by Gasteiger charge is -2.10. The molecular formula is C22H25N3O3. The average Bonchev–Trinajstić information content (AvgIpc) is 3.21. The standard InChI is InChI=1S/C22H25N3O3/c1-2-3-14-27-22-18(10-7-13-23-22)15-24-20(26)11-12-21-25-16-19(28-21)17-8-5-4-6-9-17/h4-10,13,16H,2-3,11-12,14-15H2,1H3,(H,24,26). The number of amides is 1. The van der Waals surface area contributed by atoms with Gasteiger partial charge in [-0.1, -0.05) is 49.7 Å². The zero-order chi connectivity index (χ0) is 19.6. The number of aryl methyl sites for hydroxylation is 1. The molecule has 3 aromatic rings. The highest BCUT2D eigenvalue weighted by Gasteiger charge is 2.10. The average molecular weight is 379 g/mol. The molecule has 0 atom stereocenters. The van der Waals surface area contributed by atoms with Gasteiger partial charge in [0.05, 0.1) is 12.8 Å². The summed E-state index contributed by atoms with van der Waals surface area (Å²) in [6.45, 7) is 3.12. The maximum absolute atomic E-state index is 12.2. The summed E-state index contributed by atoms with van der Waals surface area (Å²) in [7, 11) is 0. The summed E-state index contributed by atoms with van der Waals surface area (Å²) in [5.41, 5.74) is 1.84. The number of oxazole rings is 1. The Balaban J connectivity index is 1.47. The van der Waals surface area contributed by atoms with Crippen molar-refractivity contribution in [3.05, 3.63) is 66.3 Å². The number of nitrogens with zero attached hydrogens (tertiary/aromatic N) is 2. The van der Waals surface area contributed by atoms with Crippen molar-refractivity contribution >= 4 is 5.91 Å². The van der Waals surface area contributed by atoms with Gasteiger partial charge in [-0.15, -0.1) is 0 Å². The van der Waals surface area contributed by atoms with E-state index in [1.807, 2.05) is 42.5 Å². The minimum absolute atomic E-state index is 0.0668. The first-order valence-corrected chi connectivity index (χ1v) is 9.59. The molecule has 0 radical (unpaired) electrons. The first-order chi connectivity index (χ1) is 13.8. The van der Waals surface area contributed by atoms with Crippen molar-refractivity contribution in [2.75, 3.05) is 6.61 Å². The molecule has 0 bridgehead atoms. The monoisotopic (exact) mass is 379 g/mol. The van der Waals surface area contributed by atoms with Gasteiger partial charge in [0.1, 0.15) is 0 Å². The first kappa shape index (κ1) is 19.6. The molecule has 0 saturated heterocycles. The van der Waals surface area contributed by atoms with Gasteiger partial charge < -0.3 is 14.5 Å². The lowest BCUT2D eigenvalue weighted by atomic mass is 10.2. The molecule has 0 saturated carbocycles. The van der Waals surface area contributed by atoms with Crippen molar-refractivity contribution in [2.24, 2.45) is 0 Å². The van der Waals surface area contributed by atoms with E-state index in [0.717, 1.165) is 24.0 Å². The van der Waals surface area contributed by atoms with E-state index in [1.165, 1.54) is 0 Å². The van der Waals surface area contributed by atoms with Crippen molar-refractivity contribution in [2.45, 2.75) is 39.2 Å². The summed E-state index contributed by atoms with van der Waals surface area (Å²) < 4.78 is 11.4. The summed E-state index contributed by atoms with van der Waals surface area (Å²) in [6, 6.07) is 13.5. The van der Waals surface area contributed by atoms with Crippen molar-refractivity contribution < 1.29 is 13.9 Å². The number of nitrogens with one attached hydrogen (secondary N) is 1. The summed E-state index contributed by atoms with van der Waals surface area (Å²) >= 11 is 0. The van der Waals surface area contributed by atoms with Crippen LogP contribution in [0.4, 0.5) is 0 Å². The molecule has 28 heavy (non-hydrogen) atoms. The van der Waals surface area contributed by atoms with Gasteiger partial charge in [0.15, 0.2) is 11.7 Å². The van der Waals surface area contributed by atoms with Gasteiger partial charge in [0.25, 0.3) is 0 Å². The fourth-order valence-electron chi connectivity index (χ4n) is 2.67. The summed E-state index contributed by atoms with van der Waals surface area (Å²) in [6.07, 6.45) is 6.18. The molecule has 2 heterocycles. The fraction of sp³-hybridized carbons (Fsp3) is 0.318. The van der Waals surface area contributed by atoms with Crippen LogP contribution < -0.4 is 10.1 Å². The number of carbonyl (C=O) groups is 1. The lowest BCUT2D eigenvalue weighted by molar-refractivity contribution is -0.121. The predicted molar refractivity (Wildman–Crippen MR) is 107 cm³/mol. The first-order valence-electron chi connectivity index (χ1n) is 9.59. The molecule has 1 amide bonds. The largest absolute Gasteiger partial charge is 0.477 e. The Morgan fingerprint density at radius 1 is 1.14 bits per heavy atom. The van der Waals surface area contributed by atoms with E-state index >= 15 is 0 Å².